The number of nitrogens with zero attached hydrogens (tertiary/aromatic N) is 1. The third-order valence-electron chi connectivity index (χ3n) is 4.96. The fourth-order valence-corrected chi connectivity index (χ4v) is 3.23. The Labute approximate surface area is 118 Å². The monoisotopic (exact) mass is 266 g/mol. The smallest absolute Gasteiger partial charge is 0.226 e. The zero-order valence-corrected chi connectivity index (χ0v) is 13.0. The zero-order chi connectivity index (χ0) is 14.6. The number of nitrogens with two attached hydrogens (primary N) is 1. The molecule has 19 heavy (non-hydrogen) atoms. The maximum atomic E-state index is 12.8. The summed E-state index contributed by atoms with van der Waals surface area (Å²) in [6.45, 7) is 13.9. The quantitative estimate of drug-likeness (QED) is 0.778. The molecule has 1 amide bonds. The molecule has 3 unspecified atom stereocenters. The Kier molecular flexibility index (Phi) is 5.60. The minimum absolute atomic E-state index is 0.0259. The molecule has 0 aliphatic heterocycles. The van der Waals surface area contributed by atoms with Crippen LogP contribution in [0.5, 0.6) is 0 Å². The van der Waals surface area contributed by atoms with Crippen LogP contribution in [0, 0.1) is 17.3 Å². The largest absolute Gasteiger partial charge is 0.339 e. The van der Waals surface area contributed by atoms with E-state index in [2.05, 4.69) is 34.3 Å². The van der Waals surface area contributed by atoms with Gasteiger partial charge in [-0.15, -0.1) is 6.58 Å². The lowest BCUT2D eigenvalue weighted by Crippen LogP contribution is -2.52. The van der Waals surface area contributed by atoms with Crippen molar-refractivity contribution in [2.45, 2.75) is 53.0 Å². The van der Waals surface area contributed by atoms with Gasteiger partial charge >= 0.3 is 0 Å². The van der Waals surface area contributed by atoms with Gasteiger partial charge < -0.3 is 10.6 Å². The first kappa shape index (κ1) is 16.2. The van der Waals surface area contributed by atoms with Gasteiger partial charge in [0.15, 0.2) is 0 Å². The molecule has 3 heteroatoms. The zero-order valence-electron chi connectivity index (χ0n) is 13.0. The molecule has 1 saturated carbocycles. The predicted octanol–water partition coefficient (Wildman–Crippen LogP) is 2.81. The third kappa shape index (κ3) is 3.38. The SMILES string of the molecule is C=CCN(CCC)C(=O)C1CCC(N)C(C)C1(C)C. The number of carbonyl (C=O) groups excluding carboxylic acids is 1. The van der Waals surface area contributed by atoms with E-state index >= 15 is 0 Å². The van der Waals surface area contributed by atoms with Crippen LogP contribution in [0.2, 0.25) is 0 Å². The maximum Gasteiger partial charge on any atom is 0.226 e. The summed E-state index contributed by atoms with van der Waals surface area (Å²) in [6, 6.07) is 0.220. The number of amides is 1. The van der Waals surface area contributed by atoms with Crippen LogP contribution in [-0.4, -0.2) is 29.9 Å². The number of carbonyl (C=O) groups is 1. The number of hydrogen-bond donors (Lipinski definition) is 1. The Balaban J connectivity index is 2.87. The van der Waals surface area contributed by atoms with Crippen molar-refractivity contribution in [1.29, 1.82) is 0 Å². The standard InChI is InChI=1S/C16H30N2O/c1-6-10-18(11-7-2)15(19)13-8-9-14(17)12(3)16(13,4)5/h6,12-14H,1,7-11,17H2,2-5H3. The highest BCUT2D eigenvalue weighted by molar-refractivity contribution is 5.80. The molecule has 0 bridgehead atoms. The summed E-state index contributed by atoms with van der Waals surface area (Å²) >= 11 is 0. The molecule has 0 saturated heterocycles. The molecule has 0 radical (unpaired) electrons. The van der Waals surface area contributed by atoms with Gasteiger partial charge in [0.2, 0.25) is 5.91 Å². The molecule has 1 rings (SSSR count). The summed E-state index contributed by atoms with van der Waals surface area (Å²) < 4.78 is 0. The summed E-state index contributed by atoms with van der Waals surface area (Å²) in [5.74, 6) is 0.752. The molecule has 1 aliphatic carbocycles. The van der Waals surface area contributed by atoms with Gasteiger partial charge in [-0.1, -0.05) is 33.8 Å². The highest BCUT2D eigenvalue weighted by Gasteiger charge is 2.45. The Bertz CT molecular complexity index is 325. The van der Waals surface area contributed by atoms with E-state index in [-0.39, 0.29) is 23.3 Å². The first-order valence-corrected chi connectivity index (χ1v) is 7.51. The highest BCUT2D eigenvalue weighted by atomic mass is 16.2. The van der Waals surface area contributed by atoms with E-state index in [9.17, 15) is 4.79 Å². The highest BCUT2D eigenvalue weighted by Crippen LogP contribution is 2.45. The predicted molar refractivity (Wildman–Crippen MR) is 80.7 cm³/mol. The molecular formula is C16H30N2O. The summed E-state index contributed by atoms with van der Waals surface area (Å²) in [5, 5.41) is 0. The normalized spacial score (nSPS) is 29.8. The van der Waals surface area contributed by atoms with Crippen LogP contribution < -0.4 is 5.73 Å². The molecule has 2 N–H and O–H groups in total. The third-order valence-corrected chi connectivity index (χ3v) is 4.96. The molecule has 110 valence electrons. The lowest BCUT2D eigenvalue weighted by atomic mass is 9.60. The molecule has 0 aromatic rings. The van der Waals surface area contributed by atoms with E-state index in [1.54, 1.807) is 0 Å². The van der Waals surface area contributed by atoms with Crippen molar-refractivity contribution in [2.75, 3.05) is 13.1 Å². The molecule has 1 aliphatic rings. The lowest BCUT2D eigenvalue weighted by molar-refractivity contribution is -0.143. The minimum atomic E-state index is -0.0259. The molecule has 0 aromatic heterocycles. The van der Waals surface area contributed by atoms with Gasteiger partial charge in [-0.25, -0.2) is 0 Å². The van der Waals surface area contributed by atoms with Crippen LogP contribution in [0.25, 0.3) is 0 Å². The summed E-state index contributed by atoms with van der Waals surface area (Å²) in [7, 11) is 0. The number of rotatable bonds is 5. The van der Waals surface area contributed by atoms with Gasteiger partial charge in [0.05, 0.1) is 0 Å². The molecule has 0 spiro atoms. The fourth-order valence-electron chi connectivity index (χ4n) is 3.23. The van der Waals surface area contributed by atoms with Gasteiger partial charge in [0.1, 0.15) is 0 Å². The van der Waals surface area contributed by atoms with Crippen molar-refractivity contribution in [3.8, 4) is 0 Å². The molecule has 0 heterocycles. The van der Waals surface area contributed by atoms with Gasteiger partial charge in [0.25, 0.3) is 0 Å². The van der Waals surface area contributed by atoms with Crippen molar-refractivity contribution in [3.05, 3.63) is 12.7 Å². The van der Waals surface area contributed by atoms with Crippen LogP contribution in [0.1, 0.15) is 47.0 Å². The second-order valence-electron chi connectivity index (χ2n) is 6.48. The lowest BCUT2D eigenvalue weighted by Gasteiger charge is -2.47. The molecule has 3 nitrogen and oxygen atoms in total. The number of hydrogen-bond acceptors (Lipinski definition) is 2. The topological polar surface area (TPSA) is 46.3 Å². The van der Waals surface area contributed by atoms with Crippen LogP contribution in [-0.2, 0) is 4.79 Å². The summed E-state index contributed by atoms with van der Waals surface area (Å²) in [6.07, 6.45) is 4.67. The Hall–Kier alpha value is -0.830. The van der Waals surface area contributed by atoms with Gasteiger partial charge in [-0.2, -0.15) is 0 Å². The van der Waals surface area contributed by atoms with E-state index in [1.165, 1.54) is 0 Å². The van der Waals surface area contributed by atoms with Crippen molar-refractivity contribution < 1.29 is 4.79 Å². The van der Waals surface area contributed by atoms with Gasteiger partial charge in [-0.05, 0) is 30.6 Å². The minimum Gasteiger partial charge on any atom is -0.339 e. The molecule has 0 aromatic carbocycles. The second-order valence-corrected chi connectivity index (χ2v) is 6.48. The van der Waals surface area contributed by atoms with Crippen molar-refractivity contribution in [3.63, 3.8) is 0 Å². The second kappa shape index (κ2) is 6.56. The Morgan fingerprint density at radius 1 is 1.47 bits per heavy atom. The fraction of sp³-hybridized carbons (Fsp3) is 0.812. The van der Waals surface area contributed by atoms with Crippen molar-refractivity contribution >= 4 is 5.91 Å². The summed E-state index contributed by atoms with van der Waals surface area (Å²) in [4.78, 5) is 14.7. The summed E-state index contributed by atoms with van der Waals surface area (Å²) in [5.41, 5.74) is 6.14. The van der Waals surface area contributed by atoms with Crippen molar-refractivity contribution in [1.82, 2.24) is 4.90 Å². The van der Waals surface area contributed by atoms with Crippen molar-refractivity contribution in [2.24, 2.45) is 23.0 Å². The van der Waals surface area contributed by atoms with Crippen LogP contribution >= 0.6 is 0 Å². The van der Waals surface area contributed by atoms with E-state index in [0.717, 1.165) is 25.8 Å². The first-order valence-electron chi connectivity index (χ1n) is 7.51. The average Bonchev–Trinajstić information content (AvgIpc) is 2.35. The molecule has 3 atom stereocenters. The van der Waals surface area contributed by atoms with Crippen LogP contribution in [0.3, 0.4) is 0 Å². The maximum absolute atomic E-state index is 12.8. The molecular weight excluding hydrogens is 236 g/mol. The Morgan fingerprint density at radius 3 is 2.63 bits per heavy atom. The van der Waals surface area contributed by atoms with Crippen LogP contribution in [0.15, 0.2) is 12.7 Å². The Morgan fingerprint density at radius 2 is 2.11 bits per heavy atom. The molecule has 1 fully saturated rings. The van der Waals surface area contributed by atoms with E-state index in [1.807, 2.05) is 11.0 Å². The average molecular weight is 266 g/mol. The van der Waals surface area contributed by atoms with Gasteiger partial charge in [0, 0.05) is 25.0 Å². The van der Waals surface area contributed by atoms with E-state index in [4.69, 9.17) is 5.73 Å². The first-order chi connectivity index (χ1) is 8.86. The van der Waals surface area contributed by atoms with E-state index < -0.39 is 0 Å². The van der Waals surface area contributed by atoms with Crippen LogP contribution in [0.4, 0.5) is 0 Å². The van der Waals surface area contributed by atoms with Gasteiger partial charge in [-0.3, -0.25) is 4.79 Å². The van der Waals surface area contributed by atoms with E-state index in [0.29, 0.717) is 12.5 Å².